The maximum Gasteiger partial charge on any atom is 0.161 e. The predicted octanol–water partition coefficient (Wildman–Crippen LogP) is 3.44. The SMILES string of the molecule is C=CCc1cc(CN2CCC[C@H](c3cc(N)n4nc(C)cc4n3)C2)cc(OC)c1O. The first-order valence-corrected chi connectivity index (χ1v) is 10.3. The Morgan fingerprint density at radius 2 is 2.17 bits per heavy atom. The van der Waals surface area contributed by atoms with E-state index in [1.54, 1.807) is 17.7 Å². The maximum atomic E-state index is 10.3. The zero-order chi connectivity index (χ0) is 21.3. The van der Waals surface area contributed by atoms with E-state index in [1.165, 1.54) is 0 Å². The highest BCUT2D eigenvalue weighted by atomic mass is 16.5. The summed E-state index contributed by atoms with van der Waals surface area (Å²) in [6, 6.07) is 7.88. The van der Waals surface area contributed by atoms with Crippen molar-refractivity contribution in [3.63, 3.8) is 0 Å². The summed E-state index contributed by atoms with van der Waals surface area (Å²) in [6.07, 6.45) is 4.59. The molecule has 0 amide bonds. The molecule has 4 rings (SSSR count). The first-order valence-electron chi connectivity index (χ1n) is 10.3. The van der Waals surface area contributed by atoms with Crippen molar-refractivity contribution in [2.45, 2.75) is 38.6 Å². The molecule has 7 nitrogen and oxygen atoms in total. The molecule has 0 radical (unpaired) electrons. The van der Waals surface area contributed by atoms with Crippen LogP contribution in [0.5, 0.6) is 11.5 Å². The van der Waals surface area contributed by atoms with Crippen LogP contribution >= 0.6 is 0 Å². The molecule has 3 aromatic rings. The second kappa shape index (κ2) is 8.36. The largest absolute Gasteiger partial charge is 0.504 e. The number of nitrogens with two attached hydrogens (primary N) is 1. The third kappa shape index (κ3) is 3.98. The molecule has 0 spiro atoms. The van der Waals surface area contributed by atoms with Gasteiger partial charge in [0.25, 0.3) is 0 Å². The quantitative estimate of drug-likeness (QED) is 0.609. The zero-order valence-electron chi connectivity index (χ0n) is 17.6. The molecule has 1 saturated heterocycles. The van der Waals surface area contributed by atoms with E-state index in [0.29, 0.717) is 23.9 Å². The number of hydrogen-bond donors (Lipinski definition) is 2. The molecule has 2 aromatic heterocycles. The molecule has 0 unspecified atom stereocenters. The van der Waals surface area contributed by atoms with Crippen molar-refractivity contribution in [1.82, 2.24) is 19.5 Å². The van der Waals surface area contributed by atoms with Gasteiger partial charge in [-0.25, -0.2) is 4.98 Å². The molecule has 7 heteroatoms. The van der Waals surface area contributed by atoms with E-state index >= 15 is 0 Å². The van der Waals surface area contributed by atoms with Gasteiger partial charge in [-0.15, -0.1) is 6.58 Å². The number of aryl methyl sites for hydroxylation is 1. The third-order valence-electron chi connectivity index (χ3n) is 5.72. The highest BCUT2D eigenvalue weighted by Crippen LogP contribution is 2.34. The lowest BCUT2D eigenvalue weighted by Gasteiger charge is -2.32. The number of methoxy groups -OCH3 is 1. The fraction of sp³-hybridized carbons (Fsp3) is 0.391. The fourth-order valence-corrected chi connectivity index (χ4v) is 4.33. The number of hydrogen-bond acceptors (Lipinski definition) is 6. The molecule has 3 N–H and O–H groups in total. The van der Waals surface area contributed by atoms with E-state index in [0.717, 1.165) is 60.6 Å². The van der Waals surface area contributed by atoms with E-state index in [1.807, 2.05) is 31.2 Å². The van der Waals surface area contributed by atoms with Crippen LogP contribution in [0.4, 0.5) is 5.82 Å². The first-order chi connectivity index (χ1) is 14.5. The highest BCUT2D eigenvalue weighted by molar-refractivity contribution is 5.50. The lowest BCUT2D eigenvalue weighted by molar-refractivity contribution is 0.198. The lowest BCUT2D eigenvalue weighted by atomic mass is 9.94. The number of rotatable bonds is 6. The molecule has 1 aromatic carbocycles. The van der Waals surface area contributed by atoms with Crippen molar-refractivity contribution >= 4 is 11.5 Å². The van der Waals surface area contributed by atoms with E-state index < -0.39 is 0 Å². The Hall–Kier alpha value is -3.06. The first kappa shape index (κ1) is 20.2. The molecule has 1 aliphatic rings. The second-order valence-electron chi connectivity index (χ2n) is 8.03. The Balaban J connectivity index is 1.55. The van der Waals surface area contributed by atoms with Gasteiger partial charge in [-0.2, -0.15) is 9.61 Å². The van der Waals surface area contributed by atoms with Crippen LogP contribution in [0.2, 0.25) is 0 Å². The molecule has 158 valence electrons. The molecule has 1 fully saturated rings. The molecule has 0 aliphatic carbocycles. The minimum atomic E-state index is 0.196. The molecular formula is C23H29N5O2. The number of anilines is 1. The molecule has 3 heterocycles. The van der Waals surface area contributed by atoms with Crippen LogP contribution in [-0.2, 0) is 13.0 Å². The summed E-state index contributed by atoms with van der Waals surface area (Å²) >= 11 is 0. The minimum absolute atomic E-state index is 0.196. The zero-order valence-corrected chi connectivity index (χ0v) is 17.6. The normalized spacial score (nSPS) is 17.3. The number of benzene rings is 1. The summed E-state index contributed by atoms with van der Waals surface area (Å²) in [5.41, 5.74) is 10.9. The fourth-order valence-electron chi connectivity index (χ4n) is 4.33. The van der Waals surface area contributed by atoms with E-state index in [9.17, 15) is 5.11 Å². The Bertz CT molecular complexity index is 1080. The number of aromatic hydroxyl groups is 1. The molecule has 30 heavy (non-hydrogen) atoms. The summed E-state index contributed by atoms with van der Waals surface area (Å²) in [5.74, 6) is 1.65. The lowest BCUT2D eigenvalue weighted by Crippen LogP contribution is -2.34. The number of allylic oxidation sites excluding steroid dienone is 1. The topological polar surface area (TPSA) is 88.9 Å². The number of aromatic nitrogens is 3. The van der Waals surface area contributed by atoms with Gasteiger partial charge in [-0.1, -0.05) is 12.1 Å². The van der Waals surface area contributed by atoms with Gasteiger partial charge < -0.3 is 15.6 Å². The molecule has 0 saturated carbocycles. The van der Waals surface area contributed by atoms with Gasteiger partial charge in [0.2, 0.25) is 0 Å². The van der Waals surface area contributed by atoms with Gasteiger partial charge in [0, 0.05) is 36.7 Å². The number of phenolic OH excluding ortho intramolecular Hbond substituents is 1. The van der Waals surface area contributed by atoms with Gasteiger partial charge in [0.1, 0.15) is 5.82 Å². The number of nitrogens with zero attached hydrogens (tertiary/aromatic N) is 4. The number of nitrogen functional groups attached to an aromatic ring is 1. The van der Waals surface area contributed by atoms with Crippen LogP contribution < -0.4 is 10.5 Å². The van der Waals surface area contributed by atoms with Crippen LogP contribution in [0.1, 0.15) is 41.3 Å². The number of fused-ring (bicyclic) bond motifs is 1. The van der Waals surface area contributed by atoms with Gasteiger partial charge in [-0.05, 0) is 44.4 Å². The second-order valence-corrected chi connectivity index (χ2v) is 8.03. The minimum Gasteiger partial charge on any atom is -0.504 e. The van der Waals surface area contributed by atoms with Crippen LogP contribution in [0.15, 0.2) is 36.9 Å². The summed E-state index contributed by atoms with van der Waals surface area (Å²) in [7, 11) is 1.58. The average molecular weight is 408 g/mol. The number of piperidine rings is 1. The predicted molar refractivity (Wildman–Crippen MR) is 118 cm³/mol. The Morgan fingerprint density at radius 1 is 1.33 bits per heavy atom. The molecule has 0 bridgehead atoms. The Morgan fingerprint density at radius 3 is 2.93 bits per heavy atom. The van der Waals surface area contributed by atoms with Crippen LogP contribution in [0.3, 0.4) is 0 Å². The van der Waals surface area contributed by atoms with Crippen LogP contribution in [-0.4, -0.2) is 44.8 Å². The van der Waals surface area contributed by atoms with Crippen molar-refractivity contribution in [2.24, 2.45) is 0 Å². The van der Waals surface area contributed by atoms with Crippen molar-refractivity contribution in [1.29, 1.82) is 0 Å². The summed E-state index contributed by atoms with van der Waals surface area (Å²) < 4.78 is 7.07. The standard InChI is InChI=1S/C23H29N5O2/c1-4-6-17-10-16(11-20(30-3)23(17)29)13-27-8-5-7-18(14-27)19-12-21(24)28-22(25-19)9-15(2)26-28/h4,9-12,18,29H,1,5-8,13-14,24H2,2-3H3/t18-/m0/s1. The van der Waals surface area contributed by atoms with Crippen molar-refractivity contribution in [3.8, 4) is 11.5 Å². The van der Waals surface area contributed by atoms with Crippen molar-refractivity contribution < 1.29 is 9.84 Å². The smallest absolute Gasteiger partial charge is 0.161 e. The Kier molecular flexibility index (Phi) is 5.63. The number of likely N-dealkylation sites (tertiary alicyclic amines) is 1. The van der Waals surface area contributed by atoms with Crippen molar-refractivity contribution in [3.05, 3.63) is 59.4 Å². The molecule has 1 aliphatic heterocycles. The maximum absolute atomic E-state index is 10.3. The van der Waals surface area contributed by atoms with Gasteiger partial charge >= 0.3 is 0 Å². The average Bonchev–Trinajstić information content (AvgIpc) is 3.11. The number of phenols is 1. The van der Waals surface area contributed by atoms with E-state index in [2.05, 4.69) is 16.6 Å². The van der Waals surface area contributed by atoms with Crippen molar-refractivity contribution in [2.75, 3.05) is 25.9 Å². The summed E-state index contributed by atoms with van der Waals surface area (Å²) in [4.78, 5) is 7.26. The number of ether oxygens (including phenoxy) is 1. The molecular weight excluding hydrogens is 378 g/mol. The van der Waals surface area contributed by atoms with Crippen LogP contribution in [0, 0.1) is 6.92 Å². The van der Waals surface area contributed by atoms with Gasteiger partial charge in [0.15, 0.2) is 17.1 Å². The van der Waals surface area contributed by atoms with Gasteiger partial charge in [0.05, 0.1) is 18.5 Å². The molecule has 1 atom stereocenters. The Labute approximate surface area is 176 Å². The van der Waals surface area contributed by atoms with Crippen LogP contribution in [0.25, 0.3) is 5.65 Å². The monoisotopic (exact) mass is 407 g/mol. The van der Waals surface area contributed by atoms with E-state index in [4.69, 9.17) is 15.5 Å². The summed E-state index contributed by atoms with van der Waals surface area (Å²) in [6.45, 7) is 8.47. The summed E-state index contributed by atoms with van der Waals surface area (Å²) in [5, 5.41) is 14.7. The van der Waals surface area contributed by atoms with E-state index in [-0.39, 0.29) is 5.75 Å². The highest BCUT2D eigenvalue weighted by Gasteiger charge is 2.24. The van der Waals surface area contributed by atoms with Gasteiger partial charge in [-0.3, -0.25) is 4.90 Å². The third-order valence-corrected chi connectivity index (χ3v) is 5.72.